The average Bonchev–Trinajstić information content (AvgIpc) is 2.28. The molecular formula is C8H16N2O2. The Labute approximate surface area is 72.6 Å². The Hall–Kier alpha value is -0.610. The van der Waals surface area contributed by atoms with Crippen LogP contribution in [0.2, 0.25) is 0 Å². The molecule has 1 heterocycles. The summed E-state index contributed by atoms with van der Waals surface area (Å²) in [6.45, 7) is 4.67. The molecule has 70 valence electrons. The fraction of sp³-hybridized carbons (Fsp3) is 0.875. The number of carbonyl (C=O) groups excluding carboxylic acids is 1. The van der Waals surface area contributed by atoms with E-state index >= 15 is 0 Å². The van der Waals surface area contributed by atoms with E-state index in [-0.39, 0.29) is 11.9 Å². The number of carbonyl (C=O) groups is 1. The van der Waals surface area contributed by atoms with Crippen LogP contribution in [-0.2, 0) is 4.79 Å². The first-order chi connectivity index (χ1) is 5.70. The van der Waals surface area contributed by atoms with E-state index in [1.807, 2.05) is 13.8 Å². The molecule has 0 bridgehead atoms. The van der Waals surface area contributed by atoms with Gasteiger partial charge in [-0.3, -0.25) is 4.79 Å². The summed E-state index contributed by atoms with van der Waals surface area (Å²) in [6, 6.07) is -0.130. The third-order valence-corrected chi connectivity index (χ3v) is 2.22. The SMILES string of the molecule is CCCC1C(=O)NC(O)N1CC. The van der Waals surface area contributed by atoms with Gasteiger partial charge in [-0.2, -0.15) is 0 Å². The van der Waals surface area contributed by atoms with Crippen LogP contribution in [0.4, 0.5) is 0 Å². The van der Waals surface area contributed by atoms with Crippen molar-refractivity contribution >= 4 is 5.91 Å². The van der Waals surface area contributed by atoms with E-state index < -0.39 is 6.35 Å². The van der Waals surface area contributed by atoms with Crippen LogP contribution in [0, 0.1) is 0 Å². The normalized spacial score (nSPS) is 30.8. The number of likely N-dealkylation sites (N-methyl/N-ethyl adjacent to an activating group) is 1. The average molecular weight is 172 g/mol. The molecule has 0 aromatic carbocycles. The van der Waals surface area contributed by atoms with Gasteiger partial charge in [-0.05, 0) is 6.42 Å². The molecule has 4 heteroatoms. The Morgan fingerprint density at radius 2 is 2.25 bits per heavy atom. The van der Waals surface area contributed by atoms with Crippen LogP contribution >= 0.6 is 0 Å². The zero-order valence-electron chi connectivity index (χ0n) is 7.58. The van der Waals surface area contributed by atoms with Crippen LogP contribution in [0.3, 0.4) is 0 Å². The molecule has 1 saturated heterocycles. The largest absolute Gasteiger partial charge is 0.361 e. The molecule has 0 aliphatic carbocycles. The summed E-state index contributed by atoms with van der Waals surface area (Å²) in [6.07, 6.45) is 0.997. The van der Waals surface area contributed by atoms with E-state index in [1.54, 1.807) is 4.90 Å². The Balaban J connectivity index is 2.61. The molecule has 2 unspecified atom stereocenters. The maximum Gasteiger partial charge on any atom is 0.240 e. The first-order valence-corrected chi connectivity index (χ1v) is 4.44. The molecule has 0 saturated carbocycles. The highest BCUT2D eigenvalue weighted by atomic mass is 16.3. The van der Waals surface area contributed by atoms with Crippen molar-refractivity contribution in [2.24, 2.45) is 0 Å². The van der Waals surface area contributed by atoms with E-state index in [0.29, 0.717) is 6.54 Å². The van der Waals surface area contributed by atoms with Gasteiger partial charge in [0.25, 0.3) is 0 Å². The van der Waals surface area contributed by atoms with Crippen LogP contribution in [0.25, 0.3) is 0 Å². The quantitative estimate of drug-likeness (QED) is 0.624. The lowest BCUT2D eigenvalue weighted by atomic mass is 10.1. The molecule has 1 aliphatic heterocycles. The standard InChI is InChI=1S/C8H16N2O2/c1-3-5-6-7(11)9-8(12)10(6)4-2/h6,8,12H,3-5H2,1-2H3,(H,9,11). The summed E-state index contributed by atoms with van der Waals surface area (Å²) in [4.78, 5) is 13.0. The van der Waals surface area contributed by atoms with E-state index in [4.69, 9.17) is 0 Å². The first kappa shape index (κ1) is 9.48. The summed E-state index contributed by atoms with van der Waals surface area (Å²) in [5, 5.41) is 11.8. The molecule has 0 aromatic rings. The Morgan fingerprint density at radius 3 is 2.75 bits per heavy atom. The minimum Gasteiger partial charge on any atom is -0.361 e. The molecule has 0 radical (unpaired) electrons. The first-order valence-electron chi connectivity index (χ1n) is 4.44. The van der Waals surface area contributed by atoms with Crippen molar-refractivity contribution < 1.29 is 9.90 Å². The second-order valence-electron chi connectivity index (χ2n) is 3.02. The van der Waals surface area contributed by atoms with Gasteiger partial charge in [0, 0.05) is 6.54 Å². The smallest absolute Gasteiger partial charge is 0.240 e. The summed E-state index contributed by atoms with van der Waals surface area (Å²) in [7, 11) is 0. The molecule has 0 aromatic heterocycles. The number of hydrogen-bond donors (Lipinski definition) is 2. The van der Waals surface area contributed by atoms with Gasteiger partial charge in [0.2, 0.25) is 5.91 Å². The highest BCUT2D eigenvalue weighted by molar-refractivity contribution is 5.83. The van der Waals surface area contributed by atoms with E-state index in [0.717, 1.165) is 12.8 Å². The van der Waals surface area contributed by atoms with Crippen LogP contribution < -0.4 is 5.32 Å². The van der Waals surface area contributed by atoms with Gasteiger partial charge in [0.1, 0.15) is 0 Å². The molecule has 0 spiro atoms. The van der Waals surface area contributed by atoms with Crippen molar-refractivity contribution in [3.8, 4) is 0 Å². The van der Waals surface area contributed by atoms with Gasteiger partial charge in [-0.25, -0.2) is 4.90 Å². The Bertz CT molecular complexity index is 172. The van der Waals surface area contributed by atoms with E-state index in [9.17, 15) is 9.90 Å². The van der Waals surface area contributed by atoms with Crippen LogP contribution in [-0.4, -0.2) is 34.9 Å². The summed E-state index contributed by atoms with van der Waals surface area (Å²) in [5.41, 5.74) is 0. The molecule has 1 aliphatic rings. The monoisotopic (exact) mass is 172 g/mol. The topological polar surface area (TPSA) is 52.6 Å². The van der Waals surface area contributed by atoms with Crippen LogP contribution in [0.5, 0.6) is 0 Å². The van der Waals surface area contributed by atoms with Gasteiger partial charge in [0.05, 0.1) is 6.04 Å². The van der Waals surface area contributed by atoms with Crippen molar-refractivity contribution in [3.63, 3.8) is 0 Å². The third-order valence-electron chi connectivity index (χ3n) is 2.22. The number of rotatable bonds is 3. The lowest BCUT2D eigenvalue weighted by Gasteiger charge is -2.21. The van der Waals surface area contributed by atoms with Gasteiger partial charge in [-0.15, -0.1) is 0 Å². The summed E-state index contributed by atoms with van der Waals surface area (Å²) < 4.78 is 0. The van der Waals surface area contributed by atoms with E-state index in [2.05, 4.69) is 5.32 Å². The molecule has 12 heavy (non-hydrogen) atoms. The van der Waals surface area contributed by atoms with Crippen molar-refractivity contribution in [3.05, 3.63) is 0 Å². The van der Waals surface area contributed by atoms with E-state index in [1.165, 1.54) is 0 Å². The van der Waals surface area contributed by atoms with Crippen molar-refractivity contribution in [1.82, 2.24) is 10.2 Å². The second kappa shape index (κ2) is 3.87. The fourth-order valence-corrected chi connectivity index (χ4v) is 1.59. The van der Waals surface area contributed by atoms with Gasteiger partial charge in [-0.1, -0.05) is 20.3 Å². The molecule has 1 rings (SSSR count). The maximum atomic E-state index is 11.2. The number of amides is 1. The lowest BCUT2D eigenvalue weighted by Crippen LogP contribution is -2.38. The van der Waals surface area contributed by atoms with Gasteiger partial charge in [0.15, 0.2) is 6.35 Å². The zero-order valence-corrected chi connectivity index (χ0v) is 7.58. The number of hydrogen-bond acceptors (Lipinski definition) is 3. The molecule has 1 fully saturated rings. The minimum atomic E-state index is -0.779. The van der Waals surface area contributed by atoms with Crippen LogP contribution in [0.1, 0.15) is 26.7 Å². The highest BCUT2D eigenvalue weighted by Gasteiger charge is 2.36. The van der Waals surface area contributed by atoms with Crippen molar-refractivity contribution in [2.75, 3.05) is 6.54 Å². The summed E-state index contributed by atoms with van der Waals surface area (Å²) >= 11 is 0. The van der Waals surface area contributed by atoms with Crippen molar-refractivity contribution in [1.29, 1.82) is 0 Å². The second-order valence-corrected chi connectivity index (χ2v) is 3.02. The lowest BCUT2D eigenvalue weighted by molar-refractivity contribution is -0.121. The number of aliphatic hydroxyl groups is 1. The molecular weight excluding hydrogens is 156 g/mol. The number of nitrogens with one attached hydrogen (secondary N) is 1. The number of nitrogens with zero attached hydrogens (tertiary/aromatic N) is 1. The fourth-order valence-electron chi connectivity index (χ4n) is 1.59. The Morgan fingerprint density at radius 1 is 1.58 bits per heavy atom. The zero-order chi connectivity index (χ0) is 9.14. The molecule has 1 amide bonds. The summed E-state index contributed by atoms with van der Waals surface area (Å²) in [5.74, 6) is -0.0498. The Kier molecular flexibility index (Phi) is 3.05. The molecule has 2 atom stereocenters. The predicted molar refractivity (Wildman–Crippen MR) is 45.2 cm³/mol. The van der Waals surface area contributed by atoms with Crippen molar-refractivity contribution in [2.45, 2.75) is 39.1 Å². The maximum absolute atomic E-state index is 11.2. The molecule has 2 N–H and O–H groups in total. The van der Waals surface area contributed by atoms with Gasteiger partial charge >= 0.3 is 0 Å². The molecule has 4 nitrogen and oxygen atoms in total. The van der Waals surface area contributed by atoms with Gasteiger partial charge < -0.3 is 10.4 Å². The highest BCUT2D eigenvalue weighted by Crippen LogP contribution is 2.14. The predicted octanol–water partition coefficient (Wildman–Crippen LogP) is -0.117. The third kappa shape index (κ3) is 1.59. The van der Waals surface area contributed by atoms with Crippen LogP contribution in [0.15, 0.2) is 0 Å². The minimum absolute atomic E-state index is 0.0498. The number of aliphatic hydroxyl groups excluding tert-OH is 1.